The van der Waals surface area contributed by atoms with Crippen LogP contribution in [-0.2, 0) is 11.0 Å². The molecule has 2 aliphatic heterocycles. The molecule has 2 saturated heterocycles. The van der Waals surface area contributed by atoms with Crippen molar-refractivity contribution in [2.24, 2.45) is 0 Å². The number of amides is 1. The van der Waals surface area contributed by atoms with E-state index >= 15 is 4.39 Å². The van der Waals surface area contributed by atoms with Crippen LogP contribution in [0.25, 0.3) is 32.2 Å². The number of nitrogens with zero attached hydrogens (tertiary/aromatic N) is 6. The van der Waals surface area contributed by atoms with E-state index in [9.17, 15) is 26.7 Å². The number of nitrogens with two attached hydrogens (primary N) is 1. The highest BCUT2D eigenvalue weighted by Gasteiger charge is 2.39. The number of halogens is 6. The highest BCUT2D eigenvalue weighted by atomic mass is 32.1. The second-order valence-corrected chi connectivity index (χ2v) is 11.9. The van der Waals surface area contributed by atoms with Crippen LogP contribution in [0, 0.1) is 11.6 Å². The standard InChI is InChI=1S/C29H27F6N7O2S/c1-3-20(43)41-6-8-42(9-7-41)26-17-11-18(29(33,34)35)21(16-4-5-19(31)25-24(16)37-27(36)45-25)22(32)23(17)38-28(39-26)44-13-15-10-14(30)12-40(15)2/h3-5,11,14-15H,1,6-10,12-13H2,2H3,(H2,36,37). The number of hydrogen-bond acceptors (Lipinski definition) is 9. The summed E-state index contributed by atoms with van der Waals surface area (Å²) in [7, 11) is 1.73. The summed E-state index contributed by atoms with van der Waals surface area (Å²) < 4.78 is 94.9. The van der Waals surface area contributed by atoms with Crippen LogP contribution in [0.4, 0.5) is 37.3 Å². The maximum Gasteiger partial charge on any atom is 0.417 e. The lowest BCUT2D eigenvalue weighted by Crippen LogP contribution is -2.48. The van der Waals surface area contributed by atoms with Crippen LogP contribution in [0.3, 0.4) is 0 Å². The van der Waals surface area contributed by atoms with Crippen molar-refractivity contribution >= 4 is 49.3 Å². The number of anilines is 2. The second-order valence-electron chi connectivity index (χ2n) is 10.9. The summed E-state index contributed by atoms with van der Waals surface area (Å²) in [5, 5.41) is -0.342. The topological polar surface area (TPSA) is 101 Å². The Labute approximate surface area is 256 Å². The zero-order valence-electron chi connectivity index (χ0n) is 23.9. The molecule has 16 heteroatoms. The number of hydrogen-bond donors (Lipinski definition) is 1. The lowest BCUT2D eigenvalue weighted by Gasteiger charge is -2.35. The molecule has 0 aliphatic carbocycles. The fourth-order valence-corrected chi connectivity index (χ4v) is 6.59. The van der Waals surface area contributed by atoms with Crippen LogP contribution in [0.2, 0.25) is 0 Å². The van der Waals surface area contributed by atoms with Gasteiger partial charge in [-0.05, 0) is 37.7 Å². The predicted octanol–water partition coefficient (Wildman–Crippen LogP) is 5.04. The second kappa shape index (κ2) is 11.6. The van der Waals surface area contributed by atoms with Gasteiger partial charge in [0.05, 0.1) is 15.8 Å². The third kappa shape index (κ3) is 5.72. The van der Waals surface area contributed by atoms with Gasteiger partial charge in [0, 0.05) is 55.3 Å². The molecule has 6 rings (SSSR count). The van der Waals surface area contributed by atoms with Crippen molar-refractivity contribution in [3.63, 3.8) is 0 Å². The summed E-state index contributed by atoms with van der Waals surface area (Å²) in [5.74, 6) is -2.43. The van der Waals surface area contributed by atoms with Crippen molar-refractivity contribution < 1.29 is 35.9 Å². The van der Waals surface area contributed by atoms with E-state index < -0.39 is 40.6 Å². The van der Waals surface area contributed by atoms with Crippen LogP contribution in [0.15, 0.2) is 30.9 Å². The van der Waals surface area contributed by atoms with E-state index in [0.717, 1.165) is 29.5 Å². The minimum atomic E-state index is -5.05. The lowest BCUT2D eigenvalue weighted by atomic mass is 9.95. The highest BCUT2D eigenvalue weighted by Crippen LogP contribution is 2.46. The Balaban J connectivity index is 1.53. The van der Waals surface area contributed by atoms with E-state index in [4.69, 9.17) is 10.5 Å². The lowest BCUT2D eigenvalue weighted by molar-refractivity contribution is -0.137. The Kier molecular flexibility index (Phi) is 7.97. The first-order valence-electron chi connectivity index (χ1n) is 14.0. The molecule has 2 aromatic carbocycles. The fraction of sp³-hybridized carbons (Fsp3) is 0.379. The van der Waals surface area contributed by atoms with Gasteiger partial charge in [0.25, 0.3) is 0 Å². The van der Waals surface area contributed by atoms with Crippen molar-refractivity contribution in [1.29, 1.82) is 0 Å². The maximum atomic E-state index is 16.6. The molecule has 0 bridgehead atoms. The number of nitrogen functional groups attached to an aromatic ring is 1. The average molecular weight is 652 g/mol. The normalized spacial score (nSPS) is 19.5. The minimum absolute atomic E-state index is 0.0260. The molecule has 45 heavy (non-hydrogen) atoms. The first-order chi connectivity index (χ1) is 21.3. The Morgan fingerprint density at radius 1 is 1.16 bits per heavy atom. The highest BCUT2D eigenvalue weighted by molar-refractivity contribution is 7.22. The molecule has 9 nitrogen and oxygen atoms in total. The van der Waals surface area contributed by atoms with Gasteiger partial charge < -0.3 is 20.3 Å². The van der Waals surface area contributed by atoms with Gasteiger partial charge in [0.1, 0.15) is 29.9 Å². The number of thiazole rings is 1. The summed E-state index contributed by atoms with van der Waals surface area (Å²) >= 11 is 0.728. The number of aromatic nitrogens is 3. The van der Waals surface area contributed by atoms with E-state index in [1.165, 1.54) is 11.0 Å². The van der Waals surface area contributed by atoms with Gasteiger partial charge in [-0.25, -0.2) is 18.2 Å². The first kappa shape index (κ1) is 30.8. The van der Waals surface area contributed by atoms with Crippen molar-refractivity contribution in [3.05, 3.63) is 48.1 Å². The van der Waals surface area contributed by atoms with Crippen LogP contribution >= 0.6 is 11.3 Å². The van der Waals surface area contributed by atoms with Gasteiger partial charge in [-0.3, -0.25) is 9.69 Å². The smallest absolute Gasteiger partial charge is 0.417 e. The van der Waals surface area contributed by atoms with E-state index in [-0.39, 0.29) is 95.8 Å². The molecule has 4 aromatic rings. The Hall–Kier alpha value is -4.18. The average Bonchev–Trinajstić information content (AvgIpc) is 3.56. The molecule has 1 amide bonds. The van der Waals surface area contributed by atoms with Gasteiger partial charge in [-0.1, -0.05) is 17.9 Å². The zero-order chi connectivity index (χ0) is 32.2. The van der Waals surface area contributed by atoms with E-state index in [2.05, 4.69) is 21.5 Å². The van der Waals surface area contributed by atoms with Gasteiger partial charge in [-0.15, -0.1) is 0 Å². The molecule has 0 saturated carbocycles. The van der Waals surface area contributed by atoms with Crippen LogP contribution in [0.1, 0.15) is 12.0 Å². The summed E-state index contributed by atoms with van der Waals surface area (Å²) in [6.45, 7) is 4.40. The quantitative estimate of drug-likeness (QED) is 0.229. The summed E-state index contributed by atoms with van der Waals surface area (Å²) in [6, 6.07) is 2.07. The molecule has 2 fully saturated rings. The number of alkyl halides is 4. The largest absolute Gasteiger partial charge is 0.462 e. The zero-order valence-corrected chi connectivity index (χ0v) is 24.7. The van der Waals surface area contributed by atoms with E-state index in [1.807, 2.05) is 0 Å². The number of likely N-dealkylation sites (N-methyl/N-ethyl adjacent to an activating group) is 1. The number of piperazine rings is 1. The fourth-order valence-electron chi connectivity index (χ4n) is 5.82. The molecule has 238 valence electrons. The number of benzene rings is 2. The van der Waals surface area contributed by atoms with Crippen LogP contribution < -0.4 is 15.4 Å². The SMILES string of the molecule is C=CC(=O)N1CCN(c2nc(OCC3CC(F)CN3C)nc3c(F)c(-c4ccc(F)c5sc(N)nc45)c(C(F)(F)F)cc23)CC1. The van der Waals surface area contributed by atoms with Crippen LogP contribution in [-0.4, -0.2) is 89.3 Å². The minimum Gasteiger partial charge on any atom is -0.462 e. The van der Waals surface area contributed by atoms with Gasteiger partial charge in [0.15, 0.2) is 10.9 Å². The third-order valence-corrected chi connectivity index (χ3v) is 8.98. The molecular formula is C29H27F6N7O2S. The molecule has 2 aliphatic rings. The maximum absolute atomic E-state index is 16.6. The summed E-state index contributed by atoms with van der Waals surface area (Å²) in [5.41, 5.74) is 2.53. The summed E-state index contributed by atoms with van der Waals surface area (Å²) in [6.07, 6.45) is -4.75. The molecule has 2 atom stereocenters. The van der Waals surface area contributed by atoms with Crippen LogP contribution in [0.5, 0.6) is 6.01 Å². The van der Waals surface area contributed by atoms with Gasteiger partial charge in [-0.2, -0.15) is 23.1 Å². The molecule has 2 unspecified atom stereocenters. The van der Waals surface area contributed by atoms with E-state index in [0.29, 0.717) is 0 Å². The number of ether oxygens (including phenoxy) is 1. The van der Waals surface area contributed by atoms with Crippen molar-refractivity contribution in [2.75, 3.05) is 57.0 Å². The van der Waals surface area contributed by atoms with Crippen molar-refractivity contribution in [1.82, 2.24) is 24.8 Å². The number of carbonyl (C=O) groups is 1. The predicted molar refractivity (Wildman–Crippen MR) is 158 cm³/mol. The summed E-state index contributed by atoms with van der Waals surface area (Å²) in [4.78, 5) is 29.6. The van der Waals surface area contributed by atoms with Crippen molar-refractivity contribution in [3.8, 4) is 17.1 Å². The Morgan fingerprint density at radius 3 is 2.53 bits per heavy atom. The Morgan fingerprint density at radius 2 is 1.89 bits per heavy atom. The number of rotatable bonds is 6. The molecule has 0 spiro atoms. The third-order valence-electron chi connectivity index (χ3n) is 8.08. The van der Waals surface area contributed by atoms with Crippen molar-refractivity contribution in [2.45, 2.75) is 24.8 Å². The molecular weight excluding hydrogens is 624 g/mol. The molecule has 2 aromatic heterocycles. The monoisotopic (exact) mass is 651 g/mol. The first-order valence-corrected chi connectivity index (χ1v) is 14.8. The number of likely N-dealkylation sites (tertiary alicyclic amines) is 1. The number of fused-ring (bicyclic) bond motifs is 2. The molecule has 2 N–H and O–H groups in total. The molecule has 4 heterocycles. The number of carbonyl (C=O) groups excluding carboxylic acids is 1. The Bertz CT molecular complexity index is 1810. The van der Waals surface area contributed by atoms with Gasteiger partial charge >= 0.3 is 12.2 Å². The molecule has 0 radical (unpaired) electrons. The van der Waals surface area contributed by atoms with Gasteiger partial charge in [0.2, 0.25) is 5.91 Å². The van der Waals surface area contributed by atoms with E-state index in [1.54, 1.807) is 16.8 Å².